The number of terminal acetylenes is 1. The van der Waals surface area contributed by atoms with Gasteiger partial charge in [-0.1, -0.05) is 20.8 Å². The summed E-state index contributed by atoms with van der Waals surface area (Å²) in [5.41, 5.74) is 0. The molecule has 0 unspecified atom stereocenters. The third-order valence-electron chi connectivity index (χ3n) is 2.25. The highest BCUT2D eigenvalue weighted by atomic mass is 14.2. The van der Waals surface area contributed by atoms with Gasteiger partial charge in [0, 0.05) is 5.92 Å². The van der Waals surface area contributed by atoms with Crippen molar-refractivity contribution in [1.29, 1.82) is 0 Å². The summed E-state index contributed by atoms with van der Waals surface area (Å²) >= 11 is 0. The zero-order chi connectivity index (χ0) is 8.69. The van der Waals surface area contributed by atoms with Crippen LogP contribution in [0.5, 0.6) is 0 Å². The van der Waals surface area contributed by atoms with Crippen LogP contribution in [0.3, 0.4) is 0 Å². The van der Waals surface area contributed by atoms with Gasteiger partial charge in [-0.2, -0.15) is 0 Å². The second-order valence-electron chi connectivity index (χ2n) is 3.12. The maximum atomic E-state index is 5.30. The van der Waals surface area contributed by atoms with Crippen LogP contribution in [0, 0.1) is 24.2 Å². The molecule has 0 saturated heterocycles. The standard InChI is InChI=1S/C9H14.C2H6/c1-3-9-6-4-8(2)5-7-9;1-2/h1,8-9H,4-7H2,2H3;1-2H3. The molecule has 11 heavy (non-hydrogen) atoms. The molecule has 0 heteroatoms. The molecule has 0 atom stereocenters. The second-order valence-corrected chi connectivity index (χ2v) is 3.12. The van der Waals surface area contributed by atoms with Gasteiger partial charge < -0.3 is 0 Å². The molecule has 1 aliphatic rings. The van der Waals surface area contributed by atoms with E-state index in [1.165, 1.54) is 25.7 Å². The van der Waals surface area contributed by atoms with E-state index in [2.05, 4.69) is 12.8 Å². The Morgan fingerprint density at radius 1 is 1.09 bits per heavy atom. The van der Waals surface area contributed by atoms with E-state index in [1.807, 2.05) is 13.8 Å². The summed E-state index contributed by atoms with van der Waals surface area (Å²) in [5, 5.41) is 0. The lowest BCUT2D eigenvalue weighted by Crippen LogP contribution is -2.09. The maximum absolute atomic E-state index is 5.30. The van der Waals surface area contributed by atoms with Crippen molar-refractivity contribution in [2.45, 2.75) is 46.5 Å². The normalized spacial score (nSPS) is 29.6. The van der Waals surface area contributed by atoms with Gasteiger partial charge in [0.2, 0.25) is 0 Å². The van der Waals surface area contributed by atoms with Crippen molar-refractivity contribution in [2.75, 3.05) is 0 Å². The molecule has 0 bridgehead atoms. The lowest BCUT2D eigenvalue weighted by Gasteiger charge is -2.21. The van der Waals surface area contributed by atoms with E-state index < -0.39 is 0 Å². The van der Waals surface area contributed by atoms with Crippen LogP contribution in [-0.2, 0) is 0 Å². The fourth-order valence-corrected chi connectivity index (χ4v) is 1.43. The maximum Gasteiger partial charge on any atom is 0.0200 e. The number of rotatable bonds is 0. The summed E-state index contributed by atoms with van der Waals surface area (Å²) in [7, 11) is 0. The van der Waals surface area contributed by atoms with Crippen molar-refractivity contribution in [3.63, 3.8) is 0 Å². The summed E-state index contributed by atoms with van der Waals surface area (Å²) < 4.78 is 0. The largest absolute Gasteiger partial charge is 0.120 e. The van der Waals surface area contributed by atoms with Crippen molar-refractivity contribution in [1.82, 2.24) is 0 Å². The van der Waals surface area contributed by atoms with Gasteiger partial charge in [-0.05, 0) is 31.6 Å². The monoisotopic (exact) mass is 152 g/mol. The molecule has 0 aliphatic heterocycles. The van der Waals surface area contributed by atoms with Crippen molar-refractivity contribution in [3.05, 3.63) is 0 Å². The minimum absolute atomic E-state index is 0.598. The molecule has 0 N–H and O–H groups in total. The van der Waals surface area contributed by atoms with Gasteiger partial charge in [0.1, 0.15) is 0 Å². The molecule has 0 radical (unpaired) electrons. The predicted molar refractivity (Wildman–Crippen MR) is 51.3 cm³/mol. The van der Waals surface area contributed by atoms with Crippen LogP contribution in [0.1, 0.15) is 46.5 Å². The third kappa shape index (κ3) is 4.09. The van der Waals surface area contributed by atoms with Crippen LogP contribution >= 0.6 is 0 Å². The molecule has 0 spiro atoms. The molecular formula is C11H20. The highest BCUT2D eigenvalue weighted by molar-refractivity contribution is 4.94. The Kier molecular flexibility index (Phi) is 6.03. The Morgan fingerprint density at radius 2 is 1.55 bits per heavy atom. The molecule has 0 amide bonds. The lowest BCUT2D eigenvalue weighted by molar-refractivity contribution is 0.338. The van der Waals surface area contributed by atoms with E-state index in [0.29, 0.717) is 5.92 Å². The molecule has 0 nitrogen and oxygen atoms in total. The Bertz CT molecular complexity index is 110. The highest BCUT2D eigenvalue weighted by Crippen LogP contribution is 2.27. The molecule has 0 aromatic heterocycles. The fraction of sp³-hybridized carbons (Fsp3) is 0.818. The second kappa shape index (κ2) is 6.28. The van der Waals surface area contributed by atoms with Gasteiger partial charge >= 0.3 is 0 Å². The fourth-order valence-electron chi connectivity index (χ4n) is 1.43. The first-order chi connectivity index (χ1) is 5.33. The number of hydrogen-bond donors (Lipinski definition) is 0. The third-order valence-corrected chi connectivity index (χ3v) is 2.25. The minimum Gasteiger partial charge on any atom is -0.120 e. The first-order valence-corrected chi connectivity index (χ1v) is 4.79. The van der Waals surface area contributed by atoms with E-state index in [-0.39, 0.29) is 0 Å². The van der Waals surface area contributed by atoms with Crippen molar-refractivity contribution < 1.29 is 0 Å². The topological polar surface area (TPSA) is 0 Å². The van der Waals surface area contributed by atoms with Crippen LogP contribution in [0.25, 0.3) is 0 Å². The summed E-state index contributed by atoms with van der Waals surface area (Å²) in [6.45, 7) is 6.31. The van der Waals surface area contributed by atoms with Crippen LogP contribution < -0.4 is 0 Å². The van der Waals surface area contributed by atoms with Gasteiger partial charge in [-0.3, -0.25) is 0 Å². The summed E-state index contributed by atoms with van der Waals surface area (Å²) in [6, 6.07) is 0. The summed E-state index contributed by atoms with van der Waals surface area (Å²) in [6.07, 6.45) is 10.5. The smallest absolute Gasteiger partial charge is 0.0200 e. The number of hydrogen-bond acceptors (Lipinski definition) is 0. The molecule has 1 saturated carbocycles. The molecule has 64 valence electrons. The predicted octanol–water partition coefficient (Wildman–Crippen LogP) is 3.47. The quantitative estimate of drug-likeness (QED) is 0.466. The first kappa shape index (κ1) is 10.6. The van der Waals surface area contributed by atoms with E-state index in [4.69, 9.17) is 6.42 Å². The highest BCUT2D eigenvalue weighted by Gasteiger charge is 2.15. The van der Waals surface area contributed by atoms with E-state index in [9.17, 15) is 0 Å². The lowest BCUT2D eigenvalue weighted by atomic mass is 9.84. The van der Waals surface area contributed by atoms with Gasteiger partial charge in [-0.25, -0.2) is 0 Å². The molecule has 1 rings (SSSR count). The Labute approximate surface area is 71.4 Å². The van der Waals surface area contributed by atoms with E-state index in [1.54, 1.807) is 0 Å². The molecule has 0 aromatic rings. The van der Waals surface area contributed by atoms with Gasteiger partial charge in [0.15, 0.2) is 0 Å². The van der Waals surface area contributed by atoms with Crippen LogP contribution in [-0.4, -0.2) is 0 Å². The molecule has 1 aliphatic carbocycles. The average Bonchev–Trinajstić information content (AvgIpc) is 2.10. The molecular weight excluding hydrogens is 132 g/mol. The zero-order valence-corrected chi connectivity index (χ0v) is 8.06. The van der Waals surface area contributed by atoms with Crippen molar-refractivity contribution in [3.8, 4) is 12.3 Å². The van der Waals surface area contributed by atoms with Gasteiger partial charge in [0.05, 0.1) is 0 Å². The van der Waals surface area contributed by atoms with Crippen molar-refractivity contribution >= 4 is 0 Å². The molecule has 1 fully saturated rings. The van der Waals surface area contributed by atoms with Crippen molar-refractivity contribution in [2.24, 2.45) is 11.8 Å². The Balaban J connectivity index is 0.000000461. The van der Waals surface area contributed by atoms with Crippen LogP contribution in [0.15, 0.2) is 0 Å². The van der Waals surface area contributed by atoms with Crippen LogP contribution in [0.4, 0.5) is 0 Å². The van der Waals surface area contributed by atoms with Gasteiger partial charge in [-0.15, -0.1) is 12.3 Å². The van der Waals surface area contributed by atoms with Crippen LogP contribution in [0.2, 0.25) is 0 Å². The van der Waals surface area contributed by atoms with E-state index >= 15 is 0 Å². The summed E-state index contributed by atoms with van der Waals surface area (Å²) in [4.78, 5) is 0. The molecule has 0 aromatic carbocycles. The molecule has 0 heterocycles. The minimum atomic E-state index is 0.598. The average molecular weight is 152 g/mol. The summed E-state index contributed by atoms with van der Waals surface area (Å²) in [5.74, 6) is 4.35. The Hall–Kier alpha value is -0.440. The van der Waals surface area contributed by atoms with Gasteiger partial charge in [0.25, 0.3) is 0 Å². The van der Waals surface area contributed by atoms with E-state index in [0.717, 1.165) is 5.92 Å². The Morgan fingerprint density at radius 3 is 1.91 bits per heavy atom. The zero-order valence-electron chi connectivity index (χ0n) is 8.06. The first-order valence-electron chi connectivity index (χ1n) is 4.79. The SMILES string of the molecule is C#CC1CCC(C)CC1.CC.